The normalized spacial score (nSPS) is 14.8. The standard InChI is InChI=1S/C93H154O16P2/c1-4-7-10-13-16-19-22-25-28-31-34-36-38-40-42-43-45-47-48-50-53-55-58-61-64-67-70-73-76-79-91(96)103-82-88(94)83-105-110(99,100)106-84-89(95)85-107-111(101,102)108-87-90(109-93(98)81-78-75-72-69-66-63-60-57-52-33-30-27-24-21-18-15-12-9-6-3)86-104-92(97)80-77-74-71-68-65-62-59-56-54-51-49-46-44-41-39-37-35-32-29-26-23-20-17-14-11-8-5-2/h7,9-10,12,16-21,25-30,34-37,40-42,44,52,57,63,66,72,75,88-90,94-95H,4-6,8,11,13-15,22-24,31-33,38-39,43,45-51,53-56,58-62,64-65,67-71,73-74,76-87H2,1-3H3,(H,99,100)(H,101,102)/b10-7-,12-9-,19-16-,20-17-,21-18-,28-25-,29-26-,30-27-,36-34-,37-35-,42-40-,44-41-,57-52-,66-63-,75-72-. The second kappa shape index (κ2) is 84.1. The smallest absolute Gasteiger partial charge is 0.463 e. The van der Waals surface area contributed by atoms with Gasteiger partial charge in [-0.15, -0.1) is 0 Å². The van der Waals surface area contributed by atoms with Crippen LogP contribution in [0, 0.1) is 0 Å². The number of hydrogen-bond acceptors (Lipinski definition) is 14. The first kappa shape index (κ1) is 106. The summed E-state index contributed by atoms with van der Waals surface area (Å²) in [4.78, 5) is 58.8. The number of rotatable bonds is 80. The van der Waals surface area contributed by atoms with Crippen molar-refractivity contribution in [1.82, 2.24) is 0 Å². The van der Waals surface area contributed by atoms with Crippen LogP contribution in [0.2, 0.25) is 0 Å². The first-order valence-electron chi connectivity index (χ1n) is 43.1. The van der Waals surface area contributed by atoms with Crippen molar-refractivity contribution in [2.75, 3.05) is 39.6 Å². The zero-order valence-electron chi connectivity index (χ0n) is 69.3. The van der Waals surface area contributed by atoms with Crippen molar-refractivity contribution in [1.29, 1.82) is 0 Å². The summed E-state index contributed by atoms with van der Waals surface area (Å²) in [6, 6.07) is 0. The van der Waals surface area contributed by atoms with E-state index in [9.17, 15) is 43.5 Å². The topological polar surface area (TPSA) is 231 Å². The summed E-state index contributed by atoms with van der Waals surface area (Å²) in [6.07, 6.45) is 110. The molecule has 4 N–H and O–H groups in total. The van der Waals surface area contributed by atoms with Gasteiger partial charge in [-0.2, -0.15) is 0 Å². The summed E-state index contributed by atoms with van der Waals surface area (Å²) in [5.74, 6) is -1.68. The van der Waals surface area contributed by atoms with Crippen molar-refractivity contribution in [3.8, 4) is 0 Å². The minimum atomic E-state index is -4.96. The molecule has 0 fully saturated rings. The molecule has 16 nitrogen and oxygen atoms in total. The number of unbranched alkanes of at least 4 members (excludes halogenated alkanes) is 27. The van der Waals surface area contributed by atoms with E-state index in [0.29, 0.717) is 25.7 Å². The number of hydrogen-bond donors (Lipinski definition) is 4. The summed E-state index contributed by atoms with van der Waals surface area (Å²) in [5, 5.41) is 20.7. The summed E-state index contributed by atoms with van der Waals surface area (Å²) >= 11 is 0. The second-order valence-electron chi connectivity index (χ2n) is 28.2. The number of aliphatic hydroxyl groups is 2. The van der Waals surface area contributed by atoms with Crippen LogP contribution in [0.4, 0.5) is 0 Å². The molecular formula is C93H154O16P2. The van der Waals surface area contributed by atoms with E-state index in [1.807, 2.05) is 18.2 Å². The summed E-state index contributed by atoms with van der Waals surface area (Å²) in [7, 11) is -9.84. The lowest BCUT2D eigenvalue weighted by Gasteiger charge is -2.21. The molecular weight excluding hydrogens is 1430 g/mol. The lowest BCUT2D eigenvalue weighted by molar-refractivity contribution is -0.161. The van der Waals surface area contributed by atoms with Gasteiger partial charge >= 0.3 is 33.6 Å². The van der Waals surface area contributed by atoms with Crippen LogP contribution in [0.15, 0.2) is 182 Å². The van der Waals surface area contributed by atoms with Gasteiger partial charge in [-0.05, 0) is 148 Å². The third kappa shape index (κ3) is 85.4. The number of esters is 3. The zero-order valence-corrected chi connectivity index (χ0v) is 71.1. The fourth-order valence-corrected chi connectivity index (χ4v) is 12.7. The van der Waals surface area contributed by atoms with Crippen LogP contribution in [0.25, 0.3) is 0 Å². The molecule has 0 aliphatic rings. The van der Waals surface area contributed by atoms with Crippen LogP contribution in [-0.2, 0) is 55.8 Å². The molecule has 0 aromatic rings. The van der Waals surface area contributed by atoms with E-state index in [2.05, 4.69) is 185 Å². The Labute approximate surface area is 675 Å². The van der Waals surface area contributed by atoms with Crippen LogP contribution in [0.1, 0.15) is 329 Å². The van der Waals surface area contributed by atoms with E-state index in [0.717, 1.165) is 141 Å². The van der Waals surface area contributed by atoms with Gasteiger partial charge in [0.2, 0.25) is 0 Å². The maximum absolute atomic E-state index is 13.0. The highest BCUT2D eigenvalue weighted by atomic mass is 31.2. The van der Waals surface area contributed by atoms with Gasteiger partial charge in [0, 0.05) is 19.3 Å². The number of allylic oxidation sites excluding steroid dienone is 30. The molecule has 0 bridgehead atoms. The minimum absolute atomic E-state index is 0.0268. The molecule has 0 radical (unpaired) electrons. The van der Waals surface area contributed by atoms with Gasteiger partial charge in [0.1, 0.15) is 25.4 Å². The van der Waals surface area contributed by atoms with Crippen LogP contribution in [-0.4, -0.2) is 95.9 Å². The maximum atomic E-state index is 13.0. The third-order valence-electron chi connectivity index (χ3n) is 17.6. The molecule has 111 heavy (non-hydrogen) atoms. The summed E-state index contributed by atoms with van der Waals surface area (Å²) < 4.78 is 61.2. The summed E-state index contributed by atoms with van der Waals surface area (Å²) in [5.41, 5.74) is 0. The molecule has 0 saturated carbocycles. The maximum Gasteiger partial charge on any atom is 0.472 e. The lowest BCUT2D eigenvalue weighted by atomic mass is 10.0. The molecule has 0 saturated heterocycles. The van der Waals surface area contributed by atoms with Crippen molar-refractivity contribution in [2.24, 2.45) is 0 Å². The summed E-state index contributed by atoms with van der Waals surface area (Å²) in [6.45, 7) is 2.34. The molecule has 0 heterocycles. The molecule has 632 valence electrons. The molecule has 0 aromatic carbocycles. The minimum Gasteiger partial charge on any atom is -0.463 e. The van der Waals surface area contributed by atoms with Gasteiger partial charge in [0.05, 0.1) is 26.4 Å². The Balaban J connectivity index is 4.65. The number of carbonyl (C=O) groups is 3. The number of phosphoric acid groups is 2. The molecule has 5 atom stereocenters. The monoisotopic (exact) mass is 1590 g/mol. The van der Waals surface area contributed by atoms with E-state index < -0.39 is 91.5 Å². The van der Waals surface area contributed by atoms with Crippen molar-refractivity contribution < 1.29 is 75.8 Å². The van der Waals surface area contributed by atoms with Crippen LogP contribution < -0.4 is 0 Å². The van der Waals surface area contributed by atoms with Gasteiger partial charge in [0.15, 0.2) is 6.10 Å². The Morgan fingerprint density at radius 2 is 0.495 bits per heavy atom. The molecule has 0 spiro atoms. The average molecular weight is 1590 g/mol. The van der Waals surface area contributed by atoms with E-state index in [-0.39, 0.29) is 19.3 Å². The fourth-order valence-electron chi connectivity index (χ4n) is 11.1. The fraction of sp³-hybridized carbons (Fsp3) is 0.645. The average Bonchev–Trinajstić information content (AvgIpc) is 0.901. The Kier molecular flexibility index (Phi) is 80.0. The van der Waals surface area contributed by atoms with E-state index in [1.165, 1.54) is 122 Å². The van der Waals surface area contributed by atoms with Gasteiger partial charge < -0.3 is 34.2 Å². The first-order chi connectivity index (χ1) is 54.2. The van der Waals surface area contributed by atoms with Gasteiger partial charge in [-0.3, -0.25) is 32.5 Å². The highest BCUT2D eigenvalue weighted by molar-refractivity contribution is 7.47. The van der Waals surface area contributed by atoms with E-state index >= 15 is 0 Å². The van der Waals surface area contributed by atoms with Crippen molar-refractivity contribution in [2.45, 2.75) is 347 Å². The molecule has 0 aromatic heterocycles. The molecule has 5 unspecified atom stereocenters. The molecule has 18 heteroatoms. The molecule has 0 rings (SSSR count). The predicted octanol–water partition coefficient (Wildman–Crippen LogP) is 26.1. The first-order valence-corrected chi connectivity index (χ1v) is 46.1. The molecule has 0 aliphatic carbocycles. The predicted molar refractivity (Wildman–Crippen MR) is 463 cm³/mol. The van der Waals surface area contributed by atoms with Crippen molar-refractivity contribution >= 4 is 33.6 Å². The van der Waals surface area contributed by atoms with Crippen molar-refractivity contribution in [3.63, 3.8) is 0 Å². The number of carbonyl (C=O) groups excluding carboxylic acids is 3. The number of aliphatic hydroxyl groups excluding tert-OH is 2. The van der Waals surface area contributed by atoms with Crippen LogP contribution in [0.5, 0.6) is 0 Å². The largest absolute Gasteiger partial charge is 0.472 e. The molecule has 0 amide bonds. The number of phosphoric ester groups is 2. The van der Waals surface area contributed by atoms with Crippen molar-refractivity contribution in [3.05, 3.63) is 182 Å². The highest BCUT2D eigenvalue weighted by Crippen LogP contribution is 2.45. The number of ether oxygens (including phenoxy) is 3. The molecule has 0 aliphatic heterocycles. The third-order valence-corrected chi connectivity index (χ3v) is 19.5. The Bertz CT molecular complexity index is 2750. The van der Waals surface area contributed by atoms with E-state index in [1.54, 1.807) is 0 Å². The highest BCUT2D eigenvalue weighted by Gasteiger charge is 2.29. The van der Waals surface area contributed by atoms with Crippen LogP contribution in [0.3, 0.4) is 0 Å². The SMILES string of the molecule is CC/C=C\C/C=C\C/C=C\C/C=C\C/C=C\C/C=C\CCC(=O)OC(COC(=O)CCCCCCCCCCCCC/C=C\C/C=C\C/C=C\C/C=C\CCCCC)COP(=O)(O)OCC(O)COP(=O)(O)OCC(O)COC(=O)CCCCCCCCCCCCCCC/C=C\C/C=C\C/C=C\C/C=C\C/C=C\CC. The van der Waals surface area contributed by atoms with Gasteiger partial charge in [-0.25, -0.2) is 9.13 Å². The van der Waals surface area contributed by atoms with Gasteiger partial charge in [-0.1, -0.05) is 344 Å². The Morgan fingerprint density at radius 1 is 0.261 bits per heavy atom. The van der Waals surface area contributed by atoms with Crippen LogP contribution >= 0.6 is 15.6 Å². The zero-order chi connectivity index (χ0) is 80.8. The quantitative estimate of drug-likeness (QED) is 0.0146. The Morgan fingerprint density at radius 3 is 0.793 bits per heavy atom. The van der Waals surface area contributed by atoms with E-state index in [4.69, 9.17) is 32.3 Å². The van der Waals surface area contributed by atoms with Gasteiger partial charge in [0.25, 0.3) is 0 Å². The lowest BCUT2D eigenvalue weighted by Crippen LogP contribution is -2.29. The second-order valence-corrected chi connectivity index (χ2v) is 31.1. The Hall–Kier alpha value is -5.35.